The topological polar surface area (TPSA) is 49.8 Å². The van der Waals surface area contributed by atoms with Gasteiger partial charge in [-0.3, -0.25) is 0 Å². The van der Waals surface area contributed by atoms with E-state index in [4.69, 9.17) is 0 Å². The summed E-state index contributed by atoms with van der Waals surface area (Å²) in [6, 6.07) is 10.4. The van der Waals surface area contributed by atoms with Crippen molar-refractivity contribution >= 4 is 23.4 Å². The Kier molecular flexibility index (Phi) is 5.24. The molecule has 0 saturated carbocycles. The van der Waals surface area contributed by atoms with Crippen LogP contribution >= 0.6 is 11.8 Å². The molecule has 106 valence electrons. The highest BCUT2D eigenvalue weighted by molar-refractivity contribution is 7.98. The van der Waals surface area contributed by atoms with Crippen LogP contribution in [0.2, 0.25) is 0 Å². The Labute approximate surface area is 124 Å². The second-order valence-electron chi connectivity index (χ2n) is 4.48. The first-order valence-electron chi connectivity index (χ1n) is 6.62. The zero-order valence-corrected chi connectivity index (χ0v) is 12.9. The van der Waals surface area contributed by atoms with Crippen molar-refractivity contribution in [3.05, 3.63) is 41.5 Å². The molecule has 2 aromatic rings. The fourth-order valence-corrected chi connectivity index (χ4v) is 2.33. The van der Waals surface area contributed by atoms with Gasteiger partial charge in [0.15, 0.2) is 5.16 Å². The number of nitrogens with zero attached hydrogens (tertiary/aromatic N) is 2. The molecule has 2 rings (SSSR count). The van der Waals surface area contributed by atoms with Gasteiger partial charge in [-0.25, -0.2) is 9.97 Å². The summed E-state index contributed by atoms with van der Waals surface area (Å²) in [5, 5.41) is 7.19. The molecule has 0 bridgehead atoms. The van der Waals surface area contributed by atoms with Gasteiger partial charge in [-0.1, -0.05) is 36.0 Å². The monoisotopic (exact) mass is 288 g/mol. The summed E-state index contributed by atoms with van der Waals surface area (Å²) in [6.07, 6.45) is 2.96. The van der Waals surface area contributed by atoms with Gasteiger partial charge in [0.05, 0.1) is 0 Å². The number of aryl methyl sites for hydroxylation is 1. The normalized spacial score (nSPS) is 10.3. The van der Waals surface area contributed by atoms with Crippen molar-refractivity contribution in [2.24, 2.45) is 0 Å². The molecular formula is C15H20N4S. The number of rotatable bonds is 6. The summed E-state index contributed by atoms with van der Waals surface area (Å²) in [7, 11) is 1.86. The second-order valence-corrected chi connectivity index (χ2v) is 5.25. The Morgan fingerprint density at radius 2 is 1.90 bits per heavy atom. The van der Waals surface area contributed by atoms with Crippen molar-refractivity contribution in [1.29, 1.82) is 0 Å². The van der Waals surface area contributed by atoms with Gasteiger partial charge < -0.3 is 10.6 Å². The molecule has 0 fully saturated rings. The number of nitrogens with one attached hydrogen (secondary N) is 2. The highest BCUT2D eigenvalue weighted by Crippen LogP contribution is 2.17. The molecule has 1 heterocycles. The van der Waals surface area contributed by atoms with Crippen molar-refractivity contribution in [1.82, 2.24) is 9.97 Å². The van der Waals surface area contributed by atoms with Gasteiger partial charge in [-0.15, -0.1) is 0 Å². The molecule has 0 unspecified atom stereocenters. The lowest BCUT2D eigenvalue weighted by Gasteiger charge is -2.10. The SMILES string of the molecule is CNc1cc(NCCc2ccccc2C)nc(SC)n1. The first-order valence-corrected chi connectivity index (χ1v) is 7.84. The predicted molar refractivity (Wildman–Crippen MR) is 86.7 cm³/mol. The minimum absolute atomic E-state index is 0.773. The lowest BCUT2D eigenvalue weighted by molar-refractivity contribution is 0.939. The highest BCUT2D eigenvalue weighted by atomic mass is 32.2. The van der Waals surface area contributed by atoms with E-state index in [0.29, 0.717) is 0 Å². The number of thioether (sulfide) groups is 1. The lowest BCUT2D eigenvalue weighted by Crippen LogP contribution is -2.08. The summed E-state index contributed by atoms with van der Waals surface area (Å²) in [5.41, 5.74) is 2.70. The third kappa shape index (κ3) is 3.87. The van der Waals surface area contributed by atoms with E-state index in [2.05, 4.69) is 51.8 Å². The smallest absolute Gasteiger partial charge is 0.191 e. The zero-order valence-electron chi connectivity index (χ0n) is 12.1. The van der Waals surface area contributed by atoms with Gasteiger partial charge in [0.25, 0.3) is 0 Å². The van der Waals surface area contributed by atoms with E-state index in [1.165, 1.54) is 11.1 Å². The standard InChI is InChI=1S/C15H20N4S/c1-11-6-4-5-7-12(11)8-9-17-14-10-13(16-2)18-15(19-14)20-3/h4-7,10H,8-9H2,1-3H3,(H2,16,17,18,19). The van der Waals surface area contributed by atoms with E-state index in [9.17, 15) is 0 Å². The van der Waals surface area contributed by atoms with Crippen LogP contribution in [0.5, 0.6) is 0 Å². The summed E-state index contributed by atoms with van der Waals surface area (Å²) >= 11 is 1.54. The Balaban J connectivity index is 1.99. The quantitative estimate of drug-likeness (QED) is 0.631. The molecule has 1 aromatic carbocycles. The molecule has 4 nitrogen and oxygen atoms in total. The molecular weight excluding hydrogens is 268 g/mol. The maximum Gasteiger partial charge on any atom is 0.191 e. The van der Waals surface area contributed by atoms with Crippen LogP contribution in [0.25, 0.3) is 0 Å². The third-order valence-corrected chi connectivity index (χ3v) is 3.65. The molecule has 0 saturated heterocycles. The van der Waals surface area contributed by atoms with Gasteiger partial charge >= 0.3 is 0 Å². The predicted octanol–water partition coefficient (Wildman–Crippen LogP) is 3.20. The maximum absolute atomic E-state index is 4.45. The van der Waals surface area contributed by atoms with Crippen molar-refractivity contribution < 1.29 is 0 Å². The van der Waals surface area contributed by atoms with Gasteiger partial charge in [-0.2, -0.15) is 0 Å². The molecule has 1 aromatic heterocycles. The molecule has 0 aliphatic heterocycles. The van der Waals surface area contributed by atoms with E-state index >= 15 is 0 Å². The van der Waals surface area contributed by atoms with Crippen LogP contribution in [-0.4, -0.2) is 29.8 Å². The second kappa shape index (κ2) is 7.14. The molecule has 0 amide bonds. The van der Waals surface area contributed by atoms with Crippen LogP contribution < -0.4 is 10.6 Å². The van der Waals surface area contributed by atoms with Crippen LogP contribution in [0.3, 0.4) is 0 Å². The average Bonchev–Trinajstić information content (AvgIpc) is 2.48. The van der Waals surface area contributed by atoms with Crippen molar-refractivity contribution in [3.8, 4) is 0 Å². The Morgan fingerprint density at radius 1 is 1.15 bits per heavy atom. The maximum atomic E-state index is 4.45. The largest absolute Gasteiger partial charge is 0.373 e. The summed E-state index contributed by atoms with van der Waals surface area (Å²) in [6.45, 7) is 3.00. The molecule has 20 heavy (non-hydrogen) atoms. The molecule has 0 radical (unpaired) electrons. The van der Waals surface area contributed by atoms with Gasteiger partial charge in [0.1, 0.15) is 11.6 Å². The highest BCUT2D eigenvalue weighted by Gasteiger charge is 2.03. The van der Waals surface area contributed by atoms with Crippen LogP contribution in [0, 0.1) is 6.92 Å². The Morgan fingerprint density at radius 3 is 2.60 bits per heavy atom. The first-order chi connectivity index (χ1) is 9.72. The number of benzene rings is 1. The Bertz CT molecular complexity index is 549. The third-order valence-electron chi connectivity index (χ3n) is 3.11. The van der Waals surface area contributed by atoms with Crippen molar-refractivity contribution in [3.63, 3.8) is 0 Å². The van der Waals surface area contributed by atoms with Crippen molar-refractivity contribution in [2.45, 2.75) is 18.5 Å². The molecule has 0 atom stereocenters. The van der Waals surface area contributed by atoms with Gasteiger partial charge in [-0.05, 0) is 30.7 Å². The molecule has 5 heteroatoms. The van der Waals surface area contributed by atoms with Crippen LogP contribution in [0.4, 0.5) is 11.6 Å². The molecule has 0 aliphatic rings. The number of hydrogen-bond acceptors (Lipinski definition) is 5. The van der Waals surface area contributed by atoms with E-state index in [1.54, 1.807) is 11.8 Å². The summed E-state index contributed by atoms with van der Waals surface area (Å²) in [4.78, 5) is 8.81. The van der Waals surface area contributed by atoms with E-state index in [0.717, 1.165) is 29.8 Å². The van der Waals surface area contributed by atoms with Crippen LogP contribution in [0.15, 0.2) is 35.5 Å². The molecule has 2 N–H and O–H groups in total. The minimum Gasteiger partial charge on any atom is -0.373 e. The number of anilines is 2. The van der Waals surface area contributed by atoms with Crippen LogP contribution in [-0.2, 0) is 6.42 Å². The molecule has 0 aliphatic carbocycles. The van der Waals surface area contributed by atoms with Crippen LogP contribution in [0.1, 0.15) is 11.1 Å². The van der Waals surface area contributed by atoms with Gasteiger partial charge in [0, 0.05) is 19.7 Å². The summed E-state index contributed by atoms with van der Waals surface area (Å²) < 4.78 is 0. The van der Waals surface area contributed by atoms with Crippen molar-refractivity contribution in [2.75, 3.05) is 30.5 Å². The minimum atomic E-state index is 0.773. The fraction of sp³-hybridized carbons (Fsp3) is 0.333. The first kappa shape index (κ1) is 14.7. The van der Waals surface area contributed by atoms with E-state index in [1.807, 2.05) is 19.4 Å². The van der Waals surface area contributed by atoms with Gasteiger partial charge in [0.2, 0.25) is 0 Å². The zero-order chi connectivity index (χ0) is 14.4. The molecule has 0 spiro atoms. The Hall–Kier alpha value is -1.75. The fourth-order valence-electron chi connectivity index (χ4n) is 1.95. The van der Waals surface area contributed by atoms with E-state index in [-0.39, 0.29) is 0 Å². The van der Waals surface area contributed by atoms with E-state index < -0.39 is 0 Å². The number of hydrogen-bond donors (Lipinski definition) is 2. The lowest BCUT2D eigenvalue weighted by atomic mass is 10.1. The average molecular weight is 288 g/mol. The summed E-state index contributed by atoms with van der Waals surface area (Å²) in [5.74, 6) is 1.70. The number of aromatic nitrogens is 2.